The number of aliphatic carboxylic acids is 1. The second kappa shape index (κ2) is 4.71. The highest BCUT2D eigenvalue weighted by Gasteiger charge is 2.37. The van der Waals surface area contributed by atoms with E-state index in [2.05, 4.69) is 17.0 Å². The molecule has 1 aromatic carbocycles. The van der Waals surface area contributed by atoms with Gasteiger partial charge in [0.2, 0.25) is 0 Å². The van der Waals surface area contributed by atoms with Gasteiger partial charge in [-0.3, -0.25) is 9.69 Å². The fourth-order valence-electron chi connectivity index (χ4n) is 3.06. The molecule has 2 unspecified atom stereocenters. The Morgan fingerprint density at radius 2 is 2.22 bits per heavy atom. The third-order valence-corrected chi connectivity index (χ3v) is 3.93. The number of carbonyl (C=O) groups is 1. The molecule has 0 spiro atoms. The lowest BCUT2D eigenvalue weighted by atomic mass is 9.97. The minimum Gasteiger partial charge on any atom is -0.480 e. The summed E-state index contributed by atoms with van der Waals surface area (Å²) in [6.07, 6.45) is 1.70. The van der Waals surface area contributed by atoms with Crippen LogP contribution in [0.2, 0.25) is 0 Å². The summed E-state index contributed by atoms with van der Waals surface area (Å²) < 4.78 is 5.61. The van der Waals surface area contributed by atoms with Crippen LogP contribution >= 0.6 is 0 Å². The number of hydrogen-bond donors (Lipinski definition) is 1. The summed E-state index contributed by atoms with van der Waals surface area (Å²) in [6, 6.07) is 7.92. The fraction of sp³-hybridized carbons (Fsp3) is 0.500. The van der Waals surface area contributed by atoms with Crippen molar-refractivity contribution in [2.24, 2.45) is 0 Å². The molecule has 2 atom stereocenters. The molecular formula is C14H17NO3. The van der Waals surface area contributed by atoms with E-state index in [1.165, 1.54) is 11.1 Å². The number of ether oxygens (including phenoxy) is 1. The molecule has 4 heteroatoms. The molecule has 0 aromatic heterocycles. The van der Waals surface area contributed by atoms with Crippen LogP contribution in [0.3, 0.4) is 0 Å². The first-order valence-electron chi connectivity index (χ1n) is 6.41. The minimum atomic E-state index is -0.712. The maximum absolute atomic E-state index is 11.3. The molecule has 2 heterocycles. The molecule has 3 rings (SSSR count). The quantitative estimate of drug-likeness (QED) is 0.866. The lowest BCUT2D eigenvalue weighted by molar-refractivity contribution is -0.143. The molecule has 0 amide bonds. The van der Waals surface area contributed by atoms with Crippen LogP contribution in [0.5, 0.6) is 0 Å². The van der Waals surface area contributed by atoms with Crippen molar-refractivity contribution in [2.75, 3.05) is 13.2 Å². The molecule has 0 aliphatic carbocycles. The van der Waals surface area contributed by atoms with E-state index in [9.17, 15) is 9.90 Å². The van der Waals surface area contributed by atoms with Gasteiger partial charge in [0, 0.05) is 0 Å². The van der Waals surface area contributed by atoms with E-state index in [1.54, 1.807) is 0 Å². The molecule has 1 aromatic rings. The third-order valence-electron chi connectivity index (χ3n) is 3.93. The highest BCUT2D eigenvalue weighted by molar-refractivity contribution is 5.74. The van der Waals surface area contributed by atoms with Gasteiger partial charge < -0.3 is 9.84 Å². The van der Waals surface area contributed by atoms with Crippen LogP contribution in [0.4, 0.5) is 0 Å². The molecule has 96 valence electrons. The summed E-state index contributed by atoms with van der Waals surface area (Å²) in [6.45, 7) is 2.08. The first-order chi connectivity index (χ1) is 8.77. The first kappa shape index (κ1) is 11.7. The number of fused-ring (bicyclic) bond motifs is 1. The van der Waals surface area contributed by atoms with Crippen LogP contribution in [-0.2, 0) is 16.1 Å². The topological polar surface area (TPSA) is 49.8 Å². The Morgan fingerprint density at radius 3 is 3.06 bits per heavy atom. The summed E-state index contributed by atoms with van der Waals surface area (Å²) in [5.41, 5.74) is 2.42. The summed E-state index contributed by atoms with van der Waals surface area (Å²) >= 11 is 0. The first-order valence-corrected chi connectivity index (χ1v) is 6.41. The zero-order chi connectivity index (χ0) is 12.5. The molecule has 1 N–H and O–H groups in total. The zero-order valence-electron chi connectivity index (χ0n) is 10.2. The number of carboxylic acid groups (broad SMARTS) is 1. The maximum atomic E-state index is 11.3. The van der Waals surface area contributed by atoms with E-state index in [0.717, 1.165) is 19.4 Å². The van der Waals surface area contributed by atoms with Gasteiger partial charge in [0.15, 0.2) is 0 Å². The van der Waals surface area contributed by atoms with E-state index < -0.39 is 5.97 Å². The van der Waals surface area contributed by atoms with Gasteiger partial charge in [-0.05, 0) is 30.5 Å². The summed E-state index contributed by atoms with van der Waals surface area (Å²) in [7, 11) is 0. The number of nitrogens with zero attached hydrogens (tertiary/aromatic N) is 1. The van der Waals surface area contributed by atoms with Crippen LogP contribution < -0.4 is 0 Å². The Hall–Kier alpha value is -1.39. The van der Waals surface area contributed by atoms with Gasteiger partial charge in [0.1, 0.15) is 6.04 Å². The predicted molar refractivity (Wildman–Crippen MR) is 66.2 cm³/mol. The van der Waals surface area contributed by atoms with Crippen molar-refractivity contribution in [3.8, 4) is 0 Å². The minimum absolute atomic E-state index is 0.0959. The van der Waals surface area contributed by atoms with E-state index in [1.807, 2.05) is 12.1 Å². The van der Waals surface area contributed by atoms with Crippen molar-refractivity contribution in [3.05, 3.63) is 35.4 Å². The van der Waals surface area contributed by atoms with Crippen LogP contribution in [0, 0.1) is 0 Å². The van der Waals surface area contributed by atoms with E-state index >= 15 is 0 Å². The van der Waals surface area contributed by atoms with E-state index in [4.69, 9.17) is 4.74 Å². The number of carboxylic acids is 1. The summed E-state index contributed by atoms with van der Waals surface area (Å²) in [5.74, 6) is -0.712. The molecule has 18 heavy (non-hydrogen) atoms. The predicted octanol–water partition coefficient (Wildman–Crippen LogP) is 1.81. The molecular weight excluding hydrogens is 230 g/mol. The van der Waals surface area contributed by atoms with Gasteiger partial charge in [0.05, 0.1) is 19.3 Å². The number of benzene rings is 1. The molecule has 0 radical (unpaired) electrons. The van der Waals surface area contributed by atoms with Crippen molar-refractivity contribution in [1.29, 1.82) is 0 Å². The molecule has 2 aliphatic rings. The molecule has 0 saturated carbocycles. The Morgan fingerprint density at radius 1 is 1.39 bits per heavy atom. The van der Waals surface area contributed by atoms with E-state index in [-0.39, 0.29) is 12.1 Å². The van der Waals surface area contributed by atoms with E-state index in [0.29, 0.717) is 13.2 Å². The number of hydrogen-bond acceptors (Lipinski definition) is 3. The fourth-order valence-corrected chi connectivity index (χ4v) is 3.06. The summed E-state index contributed by atoms with van der Waals surface area (Å²) in [5, 5.41) is 9.28. The molecule has 2 aliphatic heterocycles. The lowest BCUT2D eigenvalue weighted by Crippen LogP contribution is -2.41. The van der Waals surface area contributed by atoms with Gasteiger partial charge >= 0.3 is 5.97 Å². The second-order valence-electron chi connectivity index (χ2n) is 4.96. The normalized spacial score (nSPS) is 28.0. The van der Waals surface area contributed by atoms with Crippen molar-refractivity contribution >= 4 is 5.97 Å². The third kappa shape index (κ3) is 1.91. The van der Waals surface area contributed by atoms with Gasteiger partial charge in [-0.2, -0.15) is 0 Å². The standard InChI is InChI=1S/C14H17NO3/c16-14(17)12-6-3-7-15(12)13-9-18-8-10-4-1-2-5-11(10)13/h1-2,4-5,12-13H,3,6-9H2,(H,16,17). The zero-order valence-corrected chi connectivity index (χ0v) is 10.2. The summed E-state index contributed by atoms with van der Waals surface area (Å²) in [4.78, 5) is 13.4. The second-order valence-corrected chi connectivity index (χ2v) is 4.96. The molecule has 1 saturated heterocycles. The smallest absolute Gasteiger partial charge is 0.320 e. The Kier molecular flexibility index (Phi) is 3.06. The Labute approximate surface area is 106 Å². The number of rotatable bonds is 2. The van der Waals surface area contributed by atoms with Crippen molar-refractivity contribution in [1.82, 2.24) is 4.90 Å². The van der Waals surface area contributed by atoms with Gasteiger partial charge in [-0.15, -0.1) is 0 Å². The largest absolute Gasteiger partial charge is 0.480 e. The van der Waals surface area contributed by atoms with Gasteiger partial charge in [-0.25, -0.2) is 0 Å². The maximum Gasteiger partial charge on any atom is 0.320 e. The molecule has 0 bridgehead atoms. The van der Waals surface area contributed by atoms with Crippen LogP contribution in [0.1, 0.15) is 30.0 Å². The van der Waals surface area contributed by atoms with Crippen molar-refractivity contribution in [2.45, 2.75) is 31.5 Å². The SMILES string of the molecule is O=C(O)C1CCCN1C1COCc2ccccc21. The van der Waals surface area contributed by atoms with Crippen LogP contribution in [0.15, 0.2) is 24.3 Å². The number of likely N-dealkylation sites (tertiary alicyclic amines) is 1. The van der Waals surface area contributed by atoms with Gasteiger partial charge in [-0.1, -0.05) is 24.3 Å². The average molecular weight is 247 g/mol. The molecule has 1 fully saturated rings. The van der Waals surface area contributed by atoms with Crippen molar-refractivity contribution < 1.29 is 14.6 Å². The highest BCUT2D eigenvalue weighted by Crippen LogP contribution is 2.34. The van der Waals surface area contributed by atoms with Crippen LogP contribution in [-0.4, -0.2) is 35.2 Å². The monoisotopic (exact) mass is 247 g/mol. The average Bonchev–Trinajstić information content (AvgIpc) is 2.87. The van der Waals surface area contributed by atoms with Crippen LogP contribution in [0.25, 0.3) is 0 Å². The molecule has 4 nitrogen and oxygen atoms in total. The Balaban J connectivity index is 1.91. The highest BCUT2D eigenvalue weighted by atomic mass is 16.5. The Bertz CT molecular complexity index is 460. The lowest BCUT2D eigenvalue weighted by Gasteiger charge is -2.35. The van der Waals surface area contributed by atoms with Gasteiger partial charge in [0.25, 0.3) is 0 Å². The van der Waals surface area contributed by atoms with Crippen molar-refractivity contribution in [3.63, 3.8) is 0 Å².